The average Bonchev–Trinajstić information content (AvgIpc) is 3.34. The number of hydrogen-bond donors (Lipinski definition) is 2. The summed E-state index contributed by atoms with van der Waals surface area (Å²) in [4.78, 5) is 15.9. The van der Waals surface area contributed by atoms with Crippen molar-refractivity contribution < 1.29 is 19.0 Å². The van der Waals surface area contributed by atoms with Crippen molar-refractivity contribution in [3.63, 3.8) is 0 Å². The number of carbonyl (C=O) groups excluding carboxylic acids is 1. The van der Waals surface area contributed by atoms with Gasteiger partial charge in [0.05, 0.1) is 25.0 Å². The summed E-state index contributed by atoms with van der Waals surface area (Å²) >= 11 is 0. The maximum absolute atomic E-state index is 12.8. The van der Waals surface area contributed by atoms with Crippen LogP contribution in [0.4, 0.5) is 5.69 Å². The van der Waals surface area contributed by atoms with Crippen molar-refractivity contribution in [2.24, 2.45) is 0 Å². The quantitative estimate of drug-likeness (QED) is 0.677. The van der Waals surface area contributed by atoms with Crippen molar-refractivity contribution in [3.8, 4) is 11.5 Å². The molecular formula is C19H18N2O4. The van der Waals surface area contributed by atoms with Crippen LogP contribution in [-0.2, 0) is 4.74 Å². The molecule has 0 bridgehead atoms. The molecule has 128 valence electrons. The lowest BCUT2D eigenvalue weighted by Gasteiger charge is -2.13. The molecule has 1 fully saturated rings. The summed E-state index contributed by atoms with van der Waals surface area (Å²) in [5.74, 6) is 0.882. The molecule has 0 spiro atoms. The van der Waals surface area contributed by atoms with E-state index in [1.165, 1.54) is 0 Å². The van der Waals surface area contributed by atoms with Gasteiger partial charge in [-0.1, -0.05) is 6.07 Å². The topological polar surface area (TPSA) is 75.9 Å². The summed E-state index contributed by atoms with van der Waals surface area (Å²) in [6, 6.07) is 12.8. The summed E-state index contributed by atoms with van der Waals surface area (Å²) in [5, 5.41) is 3.91. The number of nitrogens with one attached hydrogen (secondary N) is 2. The van der Waals surface area contributed by atoms with Crippen LogP contribution in [0.5, 0.6) is 11.5 Å². The number of aromatic nitrogens is 1. The fourth-order valence-electron chi connectivity index (χ4n) is 2.67. The fourth-order valence-corrected chi connectivity index (χ4v) is 2.67. The zero-order valence-electron chi connectivity index (χ0n) is 13.7. The minimum absolute atomic E-state index is 0.107. The number of benzene rings is 2. The number of anilines is 1. The number of methoxy groups -OCH3 is 1. The Morgan fingerprint density at radius 3 is 3.00 bits per heavy atom. The predicted molar refractivity (Wildman–Crippen MR) is 94.5 cm³/mol. The number of aromatic amines is 1. The van der Waals surface area contributed by atoms with E-state index < -0.39 is 0 Å². The SMILES string of the molecule is COc1ccc(C(=O)Nc2cccc3[nH]ccc23)c(OCC2CO2)c1. The second kappa shape index (κ2) is 6.49. The first-order valence-corrected chi connectivity index (χ1v) is 8.04. The average molecular weight is 338 g/mol. The highest BCUT2D eigenvalue weighted by Crippen LogP contribution is 2.28. The van der Waals surface area contributed by atoms with Crippen LogP contribution in [0.3, 0.4) is 0 Å². The lowest BCUT2D eigenvalue weighted by Crippen LogP contribution is -2.15. The molecule has 25 heavy (non-hydrogen) atoms. The summed E-state index contributed by atoms with van der Waals surface area (Å²) < 4.78 is 16.2. The number of ether oxygens (including phenoxy) is 3. The minimum Gasteiger partial charge on any atom is -0.497 e. The van der Waals surface area contributed by atoms with Crippen LogP contribution in [0.1, 0.15) is 10.4 Å². The zero-order chi connectivity index (χ0) is 17.2. The summed E-state index contributed by atoms with van der Waals surface area (Å²) in [5.41, 5.74) is 2.17. The number of carbonyl (C=O) groups is 1. The second-order valence-corrected chi connectivity index (χ2v) is 5.83. The Hall–Kier alpha value is -2.99. The molecule has 1 aliphatic heterocycles. The van der Waals surface area contributed by atoms with E-state index in [9.17, 15) is 4.79 Å². The van der Waals surface area contributed by atoms with E-state index in [1.54, 1.807) is 25.3 Å². The van der Waals surface area contributed by atoms with Crippen molar-refractivity contribution in [1.82, 2.24) is 4.98 Å². The number of H-pyrrole nitrogens is 1. The van der Waals surface area contributed by atoms with Gasteiger partial charge >= 0.3 is 0 Å². The number of rotatable bonds is 6. The third kappa shape index (κ3) is 3.29. The van der Waals surface area contributed by atoms with Crippen LogP contribution in [-0.4, -0.2) is 37.3 Å². The van der Waals surface area contributed by atoms with Crippen molar-refractivity contribution in [3.05, 3.63) is 54.2 Å². The smallest absolute Gasteiger partial charge is 0.259 e. The lowest BCUT2D eigenvalue weighted by atomic mass is 10.1. The molecule has 2 heterocycles. The van der Waals surface area contributed by atoms with Gasteiger partial charge in [0.2, 0.25) is 0 Å². The summed E-state index contributed by atoms with van der Waals surface area (Å²) in [6.45, 7) is 1.11. The van der Waals surface area contributed by atoms with Crippen LogP contribution in [0.2, 0.25) is 0 Å². The molecule has 6 nitrogen and oxygen atoms in total. The molecular weight excluding hydrogens is 320 g/mol. The van der Waals surface area contributed by atoms with Gasteiger partial charge < -0.3 is 24.5 Å². The number of amides is 1. The zero-order valence-corrected chi connectivity index (χ0v) is 13.7. The minimum atomic E-state index is -0.233. The Labute approximate surface area is 144 Å². The van der Waals surface area contributed by atoms with Gasteiger partial charge in [0.25, 0.3) is 5.91 Å². The molecule has 1 saturated heterocycles. The highest BCUT2D eigenvalue weighted by atomic mass is 16.6. The van der Waals surface area contributed by atoms with Crippen molar-refractivity contribution >= 4 is 22.5 Å². The van der Waals surface area contributed by atoms with Gasteiger partial charge in [0, 0.05) is 23.2 Å². The van der Waals surface area contributed by atoms with E-state index in [2.05, 4.69) is 10.3 Å². The van der Waals surface area contributed by atoms with Crippen LogP contribution in [0.15, 0.2) is 48.7 Å². The molecule has 1 aromatic heterocycles. The molecule has 0 saturated carbocycles. The molecule has 3 aromatic rings. The van der Waals surface area contributed by atoms with Crippen LogP contribution in [0.25, 0.3) is 10.9 Å². The van der Waals surface area contributed by atoms with Gasteiger partial charge in [0.1, 0.15) is 24.2 Å². The lowest BCUT2D eigenvalue weighted by molar-refractivity contribution is 0.102. The first kappa shape index (κ1) is 15.5. The van der Waals surface area contributed by atoms with Gasteiger partial charge in [0.15, 0.2) is 0 Å². The van der Waals surface area contributed by atoms with Crippen LogP contribution < -0.4 is 14.8 Å². The van der Waals surface area contributed by atoms with Crippen molar-refractivity contribution in [2.75, 3.05) is 25.6 Å². The molecule has 4 rings (SSSR count). The molecule has 1 unspecified atom stereocenters. The third-order valence-corrected chi connectivity index (χ3v) is 4.10. The van der Waals surface area contributed by atoms with E-state index >= 15 is 0 Å². The van der Waals surface area contributed by atoms with Crippen LogP contribution >= 0.6 is 0 Å². The Bertz CT molecular complexity index is 915. The molecule has 2 aromatic carbocycles. The number of epoxide rings is 1. The standard InChI is InChI=1S/C19H18N2O4/c1-23-12-5-6-15(18(9-12)25-11-13-10-24-13)19(22)21-17-4-2-3-16-14(17)7-8-20-16/h2-9,13,20H,10-11H2,1H3,(H,21,22). The van der Waals surface area contributed by atoms with Gasteiger partial charge in [-0.05, 0) is 30.3 Å². The molecule has 6 heteroatoms. The third-order valence-electron chi connectivity index (χ3n) is 4.10. The predicted octanol–water partition coefficient (Wildman–Crippen LogP) is 3.21. The van der Waals surface area contributed by atoms with E-state index in [1.807, 2.05) is 30.5 Å². The first-order chi connectivity index (χ1) is 12.2. The van der Waals surface area contributed by atoms with E-state index in [4.69, 9.17) is 14.2 Å². The molecule has 0 aliphatic carbocycles. The monoisotopic (exact) mass is 338 g/mol. The molecule has 0 radical (unpaired) electrons. The molecule has 1 amide bonds. The van der Waals surface area contributed by atoms with Crippen molar-refractivity contribution in [2.45, 2.75) is 6.10 Å². The largest absolute Gasteiger partial charge is 0.497 e. The number of fused-ring (bicyclic) bond motifs is 1. The summed E-state index contributed by atoms with van der Waals surface area (Å²) in [6.07, 6.45) is 1.95. The fraction of sp³-hybridized carbons (Fsp3) is 0.211. The van der Waals surface area contributed by atoms with E-state index in [0.29, 0.717) is 30.3 Å². The molecule has 1 atom stereocenters. The Morgan fingerprint density at radius 2 is 2.20 bits per heavy atom. The van der Waals surface area contributed by atoms with Crippen molar-refractivity contribution in [1.29, 1.82) is 0 Å². The van der Waals surface area contributed by atoms with E-state index in [0.717, 1.165) is 16.6 Å². The Morgan fingerprint density at radius 1 is 1.32 bits per heavy atom. The maximum Gasteiger partial charge on any atom is 0.259 e. The Kier molecular flexibility index (Phi) is 4.03. The summed E-state index contributed by atoms with van der Waals surface area (Å²) in [7, 11) is 1.58. The normalized spacial score (nSPS) is 15.8. The second-order valence-electron chi connectivity index (χ2n) is 5.83. The highest BCUT2D eigenvalue weighted by molar-refractivity contribution is 6.10. The van der Waals surface area contributed by atoms with Crippen LogP contribution in [0, 0.1) is 0 Å². The van der Waals surface area contributed by atoms with Gasteiger partial charge in [-0.3, -0.25) is 4.79 Å². The number of hydrogen-bond acceptors (Lipinski definition) is 4. The van der Waals surface area contributed by atoms with Gasteiger partial charge in [-0.15, -0.1) is 0 Å². The Balaban J connectivity index is 1.61. The molecule has 1 aliphatic rings. The van der Waals surface area contributed by atoms with Gasteiger partial charge in [-0.25, -0.2) is 0 Å². The first-order valence-electron chi connectivity index (χ1n) is 8.04. The highest BCUT2D eigenvalue weighted by Gasteiger charge is 2.24. The van der Waals surface area contributed by atoms with Gasteiger partial charge in [-0.2, -0.15) is 0 Å². The maximum atomic E-state index is 12.8. The molecule has 2 N–H and O–H groups in total. The van der Waals surface area contributed by atoms with E-state index in [-0.39, 0.29) is 12.0 Å².